The number of hydrogen-bond acceptors (Lipinski definition) is 6. The molecule has 1 amide bonds. The van der Waals surface area contributed by atoms with Crippen LogP contribution in [0.5, 0.6) is 11.5 Å². The first kappa shape index (κ1) is 24.3. The monoisotopic (exact) mass is 492 g/mol. The molecule has 3 aromatic rings. The number of hydrogen-bond donors (Lipinski definition) is 2. The lowest BCUT2D eigenvalue weighted by molar-refractivity contribution is -0.132. The van der Waals surface area contributed by atoms with E-state index in [0.29, 0.717) is 11.3 Å². The van der Waals surface area contributed by atoms with Crippen molar-refractivity contribution in [3.63, 3.8) is 0 Å². The predicted octanol–water partition coefficient (Wildman–Crippen LogP) is 5.37. The van der Waals surface area contributed by atoms with Crippen LogP contribution in [0.4, 0.5) is 5.69 Å². The van der Waals surface area contributed by atoms with E-state index in [4.69, 9.17) is 16.3 Å². The number of anilines is 1. The van der Waals surface area contributed by atoms with Crippen molar-refractivity contribution in [2.24, 2.45) is 0 Å². The number of aliphatic hydroxyl groups excluding tert-OH is 1. The highest BCUT2D eigenvalue weighted by atomic mass is 35.5. The standard InChI is InChI=1S/C27H25ClN2O5/c1-27(2,3)16-7-10-21(35-4)18(12-16)24(32)22-23(15-6-5-11-29-14-15)30(26(34)25(22)33)19-13-17(28)8-9-20(19)31/h5-14,23,31-32H,1-4H3/b24-22+. The molecule has 1 aliphatic rings. The summed E-state index contributed by atoms with van der Waals surface area (Å²) in [6.07, 6.45) is 3.06. The first-order valence-corrected chi connectivity index (χ1v) is 11.3. The topological polar surface area (TPSA) is 100.0 Å². The molecule has 0 aliphatic carbocycles. The van der Waals surface area contributed by atoms with Gasteiger partial charge in [-0.05, 0) is 52.9 Å². The molecule has 35 heavy (non-hydrogen) atoms. The third-order valence-electron chi connectivity index (χ3n) is 5.96. The van der Waals surface area contributed by atoms with Crippen molar-refractivity contribution in [1.29, 1.82) is 0 Å². The predicted molar refractivity (Wildman–Crippen MR) is 134 cm³/mol. The van der Waals surface area contributed by atoms with Gasteiger partial charge in [-0.3, -0.25) is 19.5 Å². The summed E-state index contributed by atoms with van der Waals surface area (Å²) in [6, 6.07) is 11.8. The second-order valence-corrected chi connectivity index (χ2v) is 9.69. The maximum absolute atomic E-state index is 13.4. The van der Waals surface area contributed by atoms with Gasteiger partial charge in [-0.15, -0.1) is 0 Å². The van der Waals surface area contributed by atoms with Gasteiger partial charge in [0.15, 0.2) is 0 Å². The fraction of sp³-hybridized carbons (Fsp3) is 0.222. The highest BCUT2D eigenvalue weighted by Crippen LogP contribution is 2.46. The van der Waals surface area contributed by atoms with Crippen molar-refractivity contribution in [3.8, 4) is 11.5 Å². The number of rotatable bonds is 4. The van der Waals surface area contributed by atoms with Crippen molar-refractivity contribution >= 4 is 34.7 Å². The number of aliphatic hydroxyl groups is 1. The fourth-order valence-corrected chi connectivity index (χ4v) is 4.29. The molecular weight excluding hydrogens is 468 g/mol. The average Bonchev–Trinajstić information content (AvgIpc) is 3.10. The summed E-state index contributed by atoms with van der Waals surface area (Å²) >= 11 is 6.14. The Morgan fingerprint density at radius 1 is 1.11 bits per heavy atom. The SMILES string of the molecule is COc1ccc(C(C)(C)C)cc1/C(O)=C1\C(=O)C(=O)N(c2cc(Cl)ccc2O)C1c1cccnc1. The van der Waals surface area contributed by atoms with E-state index in [-0.39, 0.29) is 38.8 Å². The minimum absolute atomic E-state index is 0.0444. The lowest BCUT2D eigenvalue weighted by atomic mass is 9.85. The number of pyridine rings is 1. The molecule has 0 bridgehead atoms. The number of carbonyl (C=O) groups is 2. The Kier molecular flexibility index (Phi) is 6.30. The fourth-order valence-electron chi connectivity index (χ4n) is 4.13. The van der Waals surface area contributed by atoms with E-state index in [1.165, 1.54) is 31.5 Å². The summed E-state index contributed by atoms with van der Waals surface area (Å²) < 4.78 is 5.47. The Bertz CT molecular complexity index is 1350. The van der Waals surface area contributed by atoms with Crippen LogP contribution in [0.3, 0.4) is 0 Å². The zero-order chi connectivity index (χ0) is 25.5. The van der Waals surface area contributed by atoms with Gasteiger partial charge in [-0.1, -0.05) is 44.5 Å². The van der Waals surface area contributed by atoms with Crippen molar-refractivity contribution in [2.45, 2.75) is 32.2 Å². The number of ketones is 1. The molecule has 2 heterocycles. The highest BCUT2D eigenvalue weighted by molar-refractivity contribution is 6.52. The molecule has 1 aromatic heterocycles. The summed E-state index contributed by atoms with van der Waals surface area (Å²) in [6.45, 7) is 6.07. The van der Waals surface area contributed by atoms with E-state index in [1.807, 2.05) is 26.8 Å². The van der Waals surface area contributed by atoms with Gasteiger partial charge in [0, 0.05) is 17.4 Å². The lowest BCUT2D eigenvalue weighted by Crippen LogP contribution is -2.29. The second kappa shape index (κ2) is 9.07. The number of nitrogens with zero attached hydrogens (tertiary/aromatic N) is 2. The first-order chi connectivity index (χ1) is 16.5. The number of Topliss-reactive ketones (excluding diaryl/α,β-unsaturated/α-hetero) is 1. The van der Waals surface area contributed by atoms with Crippen molar-refractivity contribution < 1.29 is 24.5 Å². The molecule has 4 rings (SSSR count). The van der Waals surface area contributed by atoms with Crippen LogP contribution in [-0.2, 0) is 15.0 Å². The van der Waals surface area contributed by atoms with Gasteiger partial charge in [0.05, 0.1) is 30.0 Å². The Labute approximate surface area is 208 Å². The minimum Gasteiger partial charge on any atom is -0.507 e. The number of phenolic OH excluding ortho intramolecular Hbond substituents is 1. The molecule has 1 saturated heterocycles. The molecule has 180 valence electrons. The smallest absolute Gasteiger partial charge is 0.300 e. The quantitative estimate of drug-likeness (QED) is 0.288. The van der Waals surface area contributed by atoms with Gasteiger partial charge in [-0.25, -0.2) is 0 Å². The van der Waals surface area contributed by atoms with E-state index >= 15 is 0 Å². The molecular formula is C27H25ClN2O5. The number of halogens is 1. The van der Waals surface area contributed by atoms with Crippen LogP contribution >= 0.6 is 11.6 Å². The molecule has 1 unspecified atom stereocenters. The third-order valence-corrected chi connectivity index (χ3v) is 6.20. The van der Waals surface area contributed by atoms with Crippen LogP contribution in [0, 0.1) is 0 Å². The van der Waals surface area contributed by atoms with E-state index in [0.717, 1.165) is 10.5 Å². The van der Waals surface area contributed by atoms with Crippen molar-refractivity contribution in [1.82, 2.24) is 4.98 Å². The average molecular weight is 493 g/mol. The number of phenols is 1. The Morgan fingerprint density at radius 2 is 1.86 bits per heavy atom. The van der Waals surface area contributed by atoms with Gasteiger partial charge >= 0.3 is 0 Å². The largest absolute Gasteiger partial charge is 0.507 e. The molecule has 2 aromatic carbocycles. The molecule has 0 spiro atoms. The molecule has 7 nitrogen and oxygen atoms in total. The number of methoxy groups -OCH3 is 1. The molecule has 1 aliphatic heterocycles. The zero-order valence-electron chi connectivity index (χ0n) is 19.7. The number of amides is 1. The third kappa shape index (κ3) is 4.35. The van der Waals surface area contributed by atoms with Crippen LogP contribution < -0.4 is 9.64 Å². The van der Waals surface area contributed by atoms with E-state index < -0.39 is 17.7 Å². The Morgan fingerprint density at radius 3 is 2.49 bits per heavy atom. The summed E-state index contributed by atoms with van der Waals surface area (Å²) in [4.78, 5) is 31.9. The molecule has 0 radical (unpaired) electrons. The van der Waals surface area contributed by atoms with Crippen LogP contribution in [0.2, 0.25) is 5.02 Å². The minimum atomic E-state index is -1.06. The van der Waals surface area contributed by atoms with Crippen LogP contribution in [0.1, 0.15) is 43.5 Å². The number of carbonyl (C=O) groups excluding carboxylic acids is 2. The molecule has 1 fully saturated rings. The Balaban J connectivity index is 2.02. The van der Waals surface area contributed by atoms with E-state index in [2.05, 4.69) is 4.98 Å². The first-order valence-electron chi connectivity index (χ1n) is 10.9. The summed E-state index contributed by atoms with van der Waals surface area (Å²) in [5, 5.41) is 22.3. The summed E-state index contributed by atoms with van der Waals surface area (Å²) in [7, 11) is 1.46. The van der Waals surface area contributed by atoms with E-state index in [9.17, 15) is 19.8 Å². The van der Waals surface area contributed by atoms with Crippen molar-refractivity contribution in [2.75, 3.05) is 12.0 Å². The van der Waals surface area contributed by atoms with Gasteiger partial charge in [0.1, 0.15) is 17.3 Å². The zero-order valence-corrected chi connectivity index (χ0v) is 20.5. The summed E-state index contributed by atoms with van der Waals surface area (Å²) in [5.41, 5.74) is 1.30. The van der Waals surface area contributed by atoms with Gasteiger partial charge < -0.3 is 14.9 Å². The highest BCUT2D eigenvalue weighted by Gasteiger charge is 2.48. The van der Waals surface area contributed by atoms with Gasteiger partial charge in [0.2, 0.25) is 0 Å². The van der Waals surface area contributed by atoms with Crippen LogP contribution in [0.25, 0.3) is 5.76 Å². The normalized spacial score (nSPS) is 17.6. The van der Waals surface area contributed by atoms with Gasteiger partial charge in [-0.2, -0.15) is 0 Å². The number of aromatic hydroxyl groups is 1. The number of ether oxygens (including phenoxy) is 1. The lowest BCUT2D eigenvalue weighted by Gasteiger charge is -2.26. The maximum atomic E-state index is 13.4. The van der Waals surface area contributed by atoms with Crippen LogP contribution in [-0.4, -0.2) is 34.0 Å². The van der Waals surface area contributed by atoms with Gasteiger partial charge in [0.25, 0.3) is 11.7 Å². The molecule has 2 N–H and O–H groups in total. The summed E-state index contributed by atoms with van der Waals surface area (Å²) in [5.74, 6) is -2.10. The van der Waals surface area contributed by atoms with Crippen LogP contribution in [0.15, 0.2) is 66.5 Å². The Hall–Kier alpha value is -3.84. The molecule has 1 atom stereocenters. The molecule has 8 heteroatoms. The second-order valence-electron chi connectivity index (χ2n) is 9.25. The number of aromatic nitrogens is 1. The van der Waals surface area contributed by atoms with Crippen molar-refractivity contribution in [3.05, 3.63) is 88.2 Å². The molecule has 0 saturated carbocycles. The number of benzene rings is 2. The van der Waals surface area contributed by atoms with E-state index in [1.54, 1.807) is 30.5 Å². The maximum Gasteiger partial charge on any atom is 0.300 e.